The first-order chi connectivity index (χ1) is 10.3. The van der Waals surface area contributed by atoms with Gasteiger partial charge in [0, 0.05) is 43.5 Å². The number of benzene rings is 1. The third-order valence-corrected chi connectivity index (χ3v) is 4.60. The zero-order valence-corrected chi connectivity index (χ0v) is 13.6. The maximum absolute atomic E-state index is 4.73. The van der Waals surface area contributed by atoms with E-state index < -0.39 is 0 Å². The van der Waals surface area contributed by atoms with E-state index in [2.05, 4.69) is 47.8 Å². The maximum atomic E-state index is 4.73. The van der Waals surface area contributed by atoms with Gasteiger partial charge in [-0.25, -0.2) is 4.98 Å². The van der Waals surface area contributed by atoms with Gasteiger partial charge in [-0.05, 0) is 30.0 Å². The number of fused-ring (bicyclic) bond motifs is 1. The van der Waals surface area contributed by atoms with Crippen LogP contribution in [0.5, 0.6) is 0 Å². The Balaban J connectivity index is 1.89. The van der Waals surface area contributed by atoms with E-state index in [1.165, 1.54) is 29.2 Å². The molecule has 1 N–H and O–H groups in total. The fraction of sp³-hybridized carbons (Fsp3) is 0.471. The fourth-order valence-corrected chi connectivity index (χ4v) is 3.01. The molecule has 1 aromatic heterocycles. The standard InChI is InChI=1S/C17H23N3S/c1-20(9-10-21-2)17-16-6-4-3-5-15(16)13(12-19-17)11-18-14-7-8-14/h3-6,12,14,18H,7-11H2,1-2H3. The highest BCUT2D eigenvalue weighted by Crippen LogP contribution is 2.27. The summed E-state index contributed by atoms with van der Waals surface area (Å²) in [5.41, 5.74) is 1.31. The Hall–Kier alpha value is -1.26. The van der Waals surface area contributed by atoms with E-state index in [-0.39, 0.29) is 0 Å². The van der Waals surface area contributed by atoms with Crippen molar-refractivity contribution in [3.8, 4) is 0 Å². The molecule has 21 heavy (non-hydrogen) atoms. The minimum Gasteiger partial charge on any atom is -0.358 e. The SMILES string of the molecule is CSCCN(C)c1ncc(CNC2CC2)c2ccccc12. The molecule has 1 heterocycles. The second-order valence-electron chi connectivity index (χ2n) is 5.72. The van der Waals surface area contributed by atoms with Crippen LogP contribution in [-0.2, 0) is 6.54 Å². The lowest BCUT2D eigenvalue weighted by atomic mass is 10.1. The predicted molar refractivity (Wildman–Crippen MR) is 93.3 cm³/mol. The van der Waals surface area contributed by atoms with Crippen LogP contribution >= 0.6 is 11.8 Å². The van der Waals surface area contributed by atoms with Crippen LogP contribution in [0.15, 0.2) is 30.5 Å². The lowest BCUT2D eigenvalue weighted by molar-refractivity contribution is 0.689. The summed E-state index contributed by atoms with van der Waals surface area (Å²) in [4.78, 5) is 7.00. The summed E-state index contributed by atoms with van der Waals surface area (Å²) in [6, 6.07) is 9.36. The Kier molecular flexibility index (Phi) is 4.66. The fourth-order valence-electron chi connectivity index (χ4n) is 2.56. The Bertz CT molecular complexity index is 610. The highest BCUT2D eigenvalue weighted by Gasteiger charge is 2.20. The molecular formula is C17H23N3S. The van der Waals surface area contributed by atoms with Gasteiger partial charge in [-0.3, -0.25) is 0 Å². The molecule has 3 nitrogen and oxygen atoms in total. The van der Waals surface area contributed by atoms with Crippen LogP contribution in [0.2, 0.25) is 0 Å². The molecule has 0 radical (unpaired) electrons. The first-order valence-electron chi connectivity index (χ1n) is 7.59. The minimum atomic E-state index is 0.729. The molecule has 0 unspecified atom stereocenters. The van der Waals surface area contributed by atoms with Gasteiger partial charge in [0.2, 0.25) is 0 Å². The number of anilines is 1. The Morgan fingerprint density at radius 2 is 2.05 bits per heavy atom. The van der Waals surface area contributed by atoms with Gasteiger partial charge in [0.25, 0.3) is 0 Å². The highest BCUT2D eigenvalue weighted by molar-refractivity contribution is 7.98. The van der Waals surface area contributed by atoms with Gasteiger partial charge in [-0.15, -0.1) is 0 Å². The second kappa shape index (κ2) is 6.67. The van der Waals surface area contributed by atoms with Crippen molar-refractivity contribution < 1.29 is 0 Å². The minimum absolute atomic E-state index is 0.729. The molecule has 0 saturated heterocycles. The number of thioether (sulfide) groups is 1. The Morgan fingerprint density at radius 1 is 1.29 bits per heavy atom. The predicted octanol–water partition coefficient (Wildman–Crippen LogP) is 3.29. The third-order valence-electron chi connectivity index (χ3n) is 4.01. The van der Waals surface area contributed by atoms with Gasteiger partial charge in [0.1, 0.15) is 5.82 Å². The van der Waals surface area contributed by atoms with Crippen LogP contribution in [0, 0.1) is 0 Å². The quantitative estimate of drug-likeness (QED) is 0.849. The molecule has 1 saturated carbocycles. The number of hydrogen-bond acceptors (Lipinski definition) is 4. The number of hydrogen-bond donors (Lipinski definition) is 1. The molecule has 4 heteroatoms. The molecule has 0 atom stereocenters. The molecule has 0 aliphatic heterocycles. The molecule has 3 rings (SSSR count). The summed E-state index contributed by atoms with van der Waals surface area (Å²) >= 11 is 1.87. The van der Waals surface area contributed by atoms with E-state index in [0.717, 1.165) is 30.7 Å². The number of pyridine rings is 1. The van der Waals surface area contributed by atoms with E-state index in [4.69, 9.17) is 4.98 Å². The lowest BCUT2D eigenvalue weighted by Gasteiger charge is -2.20. The molecule has 0 bridgehead atoms. The number of aromatic nitrogens is 1. The average Bonchev–Trinajstić information content (AvgIpc) is 3.34. The van der Waals surface area contributed by atoms with Crippen LogP contribution in [0.1, 0.15) is 18.4 Å². The van der Waals surface area contributed by atoms with Crippen molar-refractivity contribution in [1.29, 1.82) is 0 Å². The van der Waals surface area contributed by atoms with E-state index >= 15 is 0 Å². The topological polar surface area (TPSA) is 28.2 Å². The monoisotopic (exact) mass is 301 g/mol. The van der Waals surface area contributed by atoms with Crippen LogP contribution < -0.4 is 10.2 Å². The lowest BCUT2D eigenvalue weighted by Crippen LogP contribution is -2.22. The Morgan fingerprint density at radius 3 is 2.76 bits per heavy atom. The molecule has 1 aromatic carbocycles. The summed E-state index contributed by atoms with van der Waals surface area (Å²) in [6.07, 6.45) is 6.83. The van der Waals surface area contributed by atoms with Crippen LogP contribution in [-0.4, -0.2) is 36.6 Å². The molecule has 2 aromatic rings. The largest absolute Gasteiger partial charge is 0.358 e. The third kappa shape index (κ3) is 3.50. The van der Waals surface area contributed by atoms with E-state index in [1.807, 2.05) is 18.0 Å². The molecule has 1 fully saturated rings. The summed E-state index contributed by atoms with van der Waals surface area (Å²) in [5, 5.41) is 6.18. The van der Waals surface area contributed by atoms with Gasteiger partial charge in [-0.1, -0.05) is 24.3 Å². The number of rotatable bonds is 7. The van der Waals surface area contributed by atoms with E-state index in [0.29, 0.717) is 0 Å². The number of nitrogens with zero attached hydrogens (tertiary/aromatic N) is 2. The van der Waals surface area contributed by atoms with Gasteiger partial charge < -0.3 is 10.2 Å². The highest BCUT2D eigenvalue weighted by atomic mass is 32.2. The first-order valence-corrected chi connectivity index (χ1v) is 8.99. The van der Waals surface area contributed by atoms with Crippen molar-refractivity contribution in [3.63, 3.8) is 0 Å². The normalized spacial score (nSPS) is 14.6. The maximum Gasteiger partial charge on any atom is 0.136 e. The number of nitrogens with one attached hydrogen (secondary N) is 1. The first kappa shape index (κ1) is 14.7. The summed E-state index contributed by atoms with van der Waals surface area (Å²) in [7, 11) is 2.13. The van der Waals surface area contributed by atoms with Crippen molar-refractivity contribution in [2.24, 2.45) is 0 Å². The van der Waals surface area contributed by atoms with E-state index in [9.17, 15) is 0 Å². The molecule has 0 spiro atoms. The van der Waals surface area contributed by atoms with Crippen LogP contribution in [0.25, 0.3) is 10.8 Å². The average molecular weight is 301 g/mol. The van der Waals surface area contributed by atoms with Crippen molar-refractivity contribution >= 4 is 28.4 Å². The zero-order chi connectivity index (χ0) is 14.7. The van der Waals surface area contributed by atoms with Crippen LogP contribution in [0.3, 0.4) is 0 Å². The van der Waals surface area contributed by atoms with Gasteiger partial charge in [-0.2, -0.15) is 11.8 Å². The van der Waals surface area contributed by atoms with Crippen molar-refractivity contribution in [2.75, 3.05) is 30.5 Å². The van der Waals surface area contributed by atoms with Gasteiger partial charge >= 0.3 is 0 Å². The van der Waals surface area contributed by atoms with Gasteiger partial charge in [0.15, 0.2) is 0 Å². The summed E-state index contributed by atoms with van der Waals surface area (Å²) < 4.78 is 0. The van der Waals surface area contributed by atoms with Gasteiger partial charge in [0.05, 0.1) is 0 Å². The second-order valence-corrected chi connectivity index (χ2v) is 6.71. The summed E-state index contributed by atoms with van der Waals surface area (Å²) in [5.74, 6) is 2.21. The molecular weight excluding hydrogens is 278 g/mol. The van der Waals surface area contributed by atoms with Crippen molar-refractivity contribution in [1.82, 2.24) is 10.3 Å². The molecule has 112 valence electrons. The smallest absolute Gasteiger partial charge is 0.136 e. The summed E-state index contributed by atoms with van der Waals surface area (Å²) in [6.45, 7) is 1.95. The van der Waals surface area contributed by atoms with Crippen molar-refractivity contribution in [2.45, 2.75) is 25.4 Å². The van der Waals surface area contributed by atoms with Crippen molar-refractivity contribution in [3.05, 3.63) is 36.0 Å². The Labute approximate surface area is 131 Å². The van der Waals surface area contributed by atoms with E-state index in [1.54, 1.807) is 0 Å². The van der Waals surface area contributed by atoms with Crippen LogP contribution in [0.4, 0.5) is 5.82 Å². The zero-order valence-electron chi connectivity index (χ0n) is 12.8. The molecule has 1 aliphatic carbocycles. The molecule has 1 aliphatic rings. The molecule has 0 amide bonds.